The molecule has 0 amide bonds. The molecule has 25 heavy (non-hydrogen) atoms. The van der Waals surface area contributed by atoms with E-state index in [1.165, 1.54) is 10.4 Å². The van der Waals surface area contributed by atoms with Crippen molar-refractivity contribution in [2.24, 2.45) is 0 Å². The van der Waals surface area contributed by atoms with E-state index in [9.17, 15) is 0 Å². The Morgan fingerprint density at radius 3 is 1.92 bits per heavy atom. The van der Waals surface area contributed by atoms with E-state index in [-0.39, 0.29) is 5.04 Å². The highest BCUT2D eigenvalue weighted by molar-refractivity contribution is 7.80. The van der Waals surface area contributed by atoms with Gasteiger partial charge in [-0.05, 0) is 28.3 Å². The van der Waals surface area contributed by atoms with Crippen molar-refractivity contribution in [3.05, 3.63) is 60.7 Å². The van der Waals surface area contributed by atoms with Gasteiger partial charge in [-0.15, -0.1) is 0 Å². The lowest BCUT2D eigenvalue weighted by Gasteiger charge is -2.43. The van der Waals surface area contributed by atoms with Crippen LogP contribution in [0, 0.1) is 0 Å². The molecule has 4 heteroatoms. The average Bonchev–Trinajstić information content (AvgIpc) is 3.02. The Bertz CT molecular complexity index is 672. The van der Waals surface area contributed by atoms with E-state index < -0.39 is 8.32 Å². The fourth-order valence-electron chi connectivity index (χ4n) is 3.79. The minimum absolute atomic E-state index is 0.0226. The van der Waals surface area contributed by atoms with Crippen LogP contribution < -0.4 is 15.7 Å². The Balaban J connectivity index is 2.04. The molecule has 1 aliphatic rings. The Morgan fingerprint density at radius 2 is 1.52 bits per heavy atom. The molecule has 0 aromatic heterocycles. The quantitative estimate of drug-likeness (QED) is 0.642. The first kappa shape index (κ1) is 18.3. The van der Waals surface area contributed by atoms with E-state index >= 15 is 0 Å². The number of hydrogen-bond acceptors (Lipinski definition) is 2. The van der Waals surface area contributed by atoms with E-state index in [4.69, 9.17) is 16.6 Å². The van der Waals surface area contributed by atoms with E-state index in [0.29, 0.717) is 12.6 Å². The van der Waals surface area contributed by atoms with Crippen LogP contribution in [0.25, 0.3) is 0 Å². The van der Waals surface area contributed by atoms with Crippen LogP contribution in [0.5, 0.6) is 0 Å². The van der Waals surface area contributed by atoms with Crippen molar-refractivity contribution in [3.8, 4) is 0 Å². The van der Waals surface area contributed by atoms with Crippen molar-refractivity contribution in [2.45, 2.75) is 44.7 Å². The zero-order chi connectivity index (χ0) is 17.9. The Hall–Kier alpha value is -1.49. The van der Waals surface area contributed by atoms with Crippen molar-refractivity contribution in [2.75, 3.05) is 6.61 Å². The van der Waals surface area contributed by atoms with Crippen LogP contribution in [-0.2, 0) is 4.43 Å². The molecule has 1 N–H and O–H groups in total. The minimum Gasteiger partial charge on any atom is -0.405 e. The van der Waals surface area contributed by atoms with Crippen molar-refractivity contribution in [3.63, 3.8) is 0 Å². The maximum Gasteiger partial charge on any atom is 0.261 e. The van der Waals surface area contributed by atoms with Crippen molar-refractivity contribution in [1.82, 2.24) is 5.32 Å². The molecule has 1 atom stereocenters. The molecule has 1 fully saturated rings. The molecular weight excluding hydrogens is 342 g/mol. The molecule has 0 aliphatic carbocycles. The number of thiocarbonyl (C=S) groups is 1. The monoisotopic (exact) mass is 369 g/mol. The van der Waals surface area contributed by atoms with Crippen LogP contribution in [0.1, 0.15) is 33.6 Å². The molecule has 1 aliphatic heterocycles. The van der Waals surface area contributed by atoms with Gasteiger partial charge >= 0.3 is 0 Å². The molecule has 3 rings (SSSR count). The van der Waals surface area contributed by atoms with E-state index in [1.807, 2.05) is 0 Å². The zero-order valence-corrected chi connectivity index (χ0v) is 17.1. The van der Waals surface area contributed by atoms with Crippen LogP contribution in [-0.4, -0.2) is 26.0 Å². The van der Waals surface area contributed by atoms with E-state index in [1.54, 1.807) is 0 Å². The van der Waals surface area contributed by atoms with Crippen LogP contribution in [0.4, 0.5) is 0 Å². The second kappa shape index (κ2) is 7.40. The summed E-state index contributed by atoms with van der Waals surface area (Å²) in [5.74, 6) is 0. The minimum atomic E-state index is -2.42. The van der Waals surface area contributed by atoms with E-state index in [2.05, 4.69) is 86.8 Å². The maximum atomic E-state index is 6.92. The maximum absolute atomic E-state index is 6.92. The van der Waals surface area contributed by atoms with Gasteiger partial charge in [-0.1, -0.05) is 93.7 Å². The molecule has 0 spiro atoms. The second-order valence-corrected chi connectivity index (χ2v) is 12.6. The highest BCUT2D eigenvalue weighted by Gasteiger charge is 2.50. The summed E-state index contributed by atoms with van der Waals surface area (Å²) in [6.07, 6.45) is 2.04. The predicted molar refractivity (Wildman–Crippen MR) is 112 cm³/mol. The van der Waals surface area contributed by atoms with Gasteiger partial charge in [0.1, 0.15) is 0 Å². The lowest BCUT2D eigenvalue weighted by molar-refractivity contribution is 0.264. The third-order valence-corrected chi connectivity index (χ3v) is 10.3. The van der Waals surface area contributed by atoms with Crippen LogP contribution in [0.2, 0.25) is 5.04 Å². The lowest BCUT2D eigenvalue weighted by Crippen LogP contribution is -2.67. The third kappa shape index (κ3) is 3.71. The molecule has 2 aromatic rings. The molecular formula is C21H27NOSSi. The lowest BCUT2D eigenvalue weighted by atomic mass is 10.2. The van der Waals surface area contributed by atoms with Gasteiger partial charge in [0.15, 0.2) is 0 Å². The third-order valence-electron chi connectivity index (χ3n) is 5.00. The fraction of sp³-hybridized carbons (Fsp3) is 0.381. The summed E-state index contributed by atoms with van der Waals surface area (Å²) in [5, 5.41) is 6.09. The Kier molecular flexibility index (Phi) is 5.42. The molecule has 2 aromatic carbocycles. The summed E-state index contributed by atoms with van der Waals surface area (Å²) < 4.78 is 6.92. The molecule has 0 unspecified atom stereocenters. The predicted octanol–water partition coefficient (Wildman–Crippen LogP) is 3.64. The first-order valence-electron chi connectivity index (χ1n) is 8.98. The largest absolute Gasteiger partial charge is 0.405 e. The molecule has 0 bridgehead atoms. The van der Waals surface area contributed by atoms with Gasteiger partial charge in [0.05, 0.1) is 11.6 Å². The smallest absolute Gasteiger partial charge is 0.261 e. The molecule has 1 saturated heterocycles. The van der Waals surface area contributed by atoms with Crippen molar-refractivity contribution in [1.29, 1.82) is 0 Å². The summed E-state index contributed by atoms with van der Waals surface area (Å²) in [7, 11) is -2.42. The summed E-state index contributed by atoms with van der Waals surface area (Å²) in [4.78, 5) is 0.969. The highest BCUT2D eigenvalue weighted by atomic mass is 32.1. The first-order valence-corrected chi connectivity index (χ1v) is 11.3. The summed E-state index contributed by atoms with van der Waals surface area (Å²) >= 11 is 5.31. The number of benzene rings is 2. The molecule has 1 heterocycles. The van der Waals surface area contributed by atoms with Gasteiger partial charge in [0.25, 0.3) is 8.32 Å². The van der Waals surface area contributed by atoms with Gasteiger partial charge in [0, 0.05) is 6.04 Å². The Morgan fingerprint density at radius 1 is 1.00 bits per heavy atom. The van der Waals surface area contributed by atoms with Gasteiger partial charge in [-0.25, -0.2) is 0 Å². The molecule has 132 valence electrons. The zero-order valence-electron chi connectivity index (χ0n) is 15.3. The fourth-order valence-corrected chi connectivity index (χ4v) is 8.68. The first-order chi connectivity index (χ1) is 11.9. The molecule has 2 nitrogen and oxygen atoms in total. The van der Waals surface area contributed by atoms with Gasteiger partial charge in [-0.2, -0.15) is 0 Å². The average molecular weight is 370 g/mol. The Labute approximate surface area is 157 Å². The van der Waals surface area contributed by atoms with E-state index in [0.717, 1.165) is 17.8 Å². The number of nitrogens with one attached hydrogen (secondary N) is 1. The van der Waals surface area contributed by atoms with Crippen LogP contribution in [0.15, 0.2) is 60.7 Å². The second-order valence-electron chi connectivity index (χ2n) is 7.78. The number of hydrogen-bond donors (Lipinski definition) is 1. The standard InChI is InChI=1S/C21H27NOSSi/c1-21(2,3)25(18-10-6-4-7-11-18,19-12-8-5-9-13-19)23-16-17-14-15-20(24)22-17/h4-13,17H,14-16H2,1-3H3,(H,22,24)/t17-/m0/s1. The topological polar surface area (TPSA) is 21.3 Å². The van der Waals surface area contributed by atoms with Gasteiger partial charge in [-0.3, -0.25) is 0 Å². The SMILES string of the molecule is CC(C)(C)[Si](OC[C@@H]1CCC(=S)N1)(c1ccccc1)c1ccccc1. The summed E-state index contributed by atoms with van der Waals surface area (Å²) in [5.41, 5.74) is 0. The van der Waals surface area contributed by atoms with Crippen LogP contribution in [0.3, 0.4) is 0 Å². The number of rotatable bonds is 5. The van der Waals surface area contributed by atoms with Gasteiger partial charge < -0.3 is 9.74 Å². The van der Waals surface area contributed by atoms with Gasteiger partial charge in [0.2, 0.25) is 0 Å². The van der Waals surface area contributed by atoms with Crippen molar-refractivity contribution >= 4 is 35.9 Å². The normalized spacial score (nSPS) is 18.2. The van der Waals surface area contributed by atoms with Crippen molar-refractivity contribution < 1.29 is 4.43 Å². The molecule has 0 saturated carbocycles. The highest BCUT2D eigenvalue weighted by Crippen LogP contribution is 2.37. The van der Waals surface area contributed by atoms with Crippen LogP contribution >= 0.6 is 12.2 Å². The molecule has 0 radical (unpaired) electrons. The summed E-state index contributed by atoms with van der Waals surface area (Å²) in [6, 6.07) is 21.9. The summed E-state index contributed by atoms with van der Waals surface area (Å²) in [6.45, 7) is 7.64.